The van der Waals surface area contributed by atoms with Crippen LogP contribution < -0.4 is 9.47 Å². The van der Waals surface area contributed by atoms with Crippen molar-refractivity contribution < 1.29 is 43.4 Å². The molecule has 4 aliphatic rings. The Bertz CT molecular complexity index is 2740. The number of allylic oxidation sites excluding steroid dienone is 1. The van der Waals surface area contributed by atoms with Crippen molar-refractivity contribution in [3.63, 3.8) is 0 Å². The van der Waals surface area contributed by atoms with Gasteiger partial charge in [-0.25, -0.2) is 4.39 Å². The highest BCUT2D eigenvalue weighted by molar-refractivity contribution is 6.03. The molecule has 2 saturated carbocycles. The van der Waals surface area contributed by atoms with E-state index in [0.717, 1.165) is 85.3 Å². The summed E-state index contributed by atoms with van der Waals surface area (Å²) in [5.41, 5.74) is 3.83. The van der Waals surface area contributed by atoms with Crippen LogP contribution in [0.3, 0.4) is 0 Å². The number of unbranched alkanes of at least 4 members (excludes halogenated alkanes) is 2. The van der Waals surface area contributed by atoms with Gasteiger partial charge >= 0.3 is 0 Å². The number of non-ortho nitro benzene ring substituents is 1. The molecule has 6 atom stereocenters. The number of nitro benzene ring substituents is 1. The van der Waals surface area contributed by atoms with E-state index >= 15 is 4.79 Å². The van der Waals surface area contributed by atoms with Crippen molar-refractivity contribution in [1.82, 2.24) is 4.90 Å². The molecule has 0 bridgehead atoms. The molecular formula is C59H66FN3O9. The Balaban J connectivity index is 1.22. The summed E-state index contributed by atoms with van der Waals surface area (Å²) in [6, 6.07) is 31.8. The Hall–Kier alpha value is -6.41. The molecule has 0 saturated heterocycles. The molecule has 2 fully saturated rings. The number of aliphatic hydroxyl groups excluding tert-OH is 2. The molecule has 9 rings (SSSR count). The van der Waals surface area contributed by atoms with Crippen molar-refractivity contribution >= 4 is 28.1 Å². The van der Waals surface area contributed by atoms with Gasteiger partial charge in [-0.3, -0.25) is 14.9 Å². The SMILES string of the molecule is C=CCO[C@@]12Oc3ccc(Oc4ccc5ccccc5c4)cc3[C@H]3[C@H](CCCCO)[C@@H](CCCCO)C=C(C(=NOCc4ccc([N+](=O)[O-])cc4)C[C@@H]1N(Cc1ccc(F)cc1)C(=O)CCC1CCCC1)[C@H]32. The van der Waals surface area contributed by atoms with Crippen LogP contribution >= 0.6 is 0 Å². The van der Waals surface area contributed by atoms with Gasteiger partial charge in [-0.15, -0.1) is 6.58 Å². The number of aliphatic hydroxyl groups is 2. The summed E-state index contributed by atoms with van der Waals surface area (Å²) in [5, 5.41) is 38.8. The lowest BCUT2D eigenvalue weighted by molar-refractivity contribution is -0.384. The lowest BCUT2D eigenvalue weighted by atomic mass is 9.55. The highest BCUT2D eigenvalue weighted by Gasteiger charge is 2.65. The fraction of sp³-hybridized carbons (Fsp3) is 0.424. The zero-order valence-corrected chi connectivity index (χ0v) is 40.9. The first-order valence-electron chi connectivity index (χ1n) is 25.8. The molecule has 0 spiro atoms. The van der Waals surface area contributed by atoms with Crippen molar-refractivity contribution in [2.24, 2.45) is 28.8 Å². The third-order valence-electron chi connectivity index (χ3n) is 15.4. The molecule has 3 aliphatic carbocycles. The number of fused-ring (bicyclic) bond motifs is 3. The van der Waals surface area contributed by atoms with E-state index in [4.69, 9.17) is 24.2 Å². The molecule has 0 unspecified atom stereocenters. The van der Waals surface area contributed by atoms with Gasteiger partial charge in [0.25, 0.3) is 5.69 Å². The summed E-state index contributed by atoms with van der Waals surface area (Å²) in [7, 11) is 0. The van der Waals surface area contributed by atoms with Crippen molar-refractivity contribution in [2.75, 3.05) is 19.8 Å². The summed E-state index contributed by atoms with van der Waals surface area (Å²) >= 11 is 0. The average Bonchev–Trinajstić information content (AvgIpc) is 3.93. The number of ether oxygens (including phenoxy) is 3. The van der Waals surface area contributed by atoms with Crippen LogP contribution in [0.25, 0.3) is 10.8 Å². The molecule has 1 amide bonds. The Morgan fingerprint density at radius 1 is 0.875 bits per heavy atom. The van der Waals surface area contributed by atoms with E-state index in [2.05, 4.69) is 30.9 Å². The standard InChI is InChI=1S/C59H66FN3O9/c1-2-33-69-59-55(62(38-41-17-23-46(60)24-18-41)56(66)30-21-40-11-3-4-12-40)37-53(61-70-39-42-19-25-47(26-20-42)63(67)68)51-35-45(15-7-9-31-64)50(16-8-10-32-65)57(58(51)59)52-36-49(28-29-54(52)72-59)71-48-27-22-43-13-5-6-14-44(43)34-48/h2,5-6,13-14,17-20,22-29,34-36,40,45,50,55,57-58,64-65H,1,3-4,7-12,15-16,21,30-33,37-39H2/t45-,50+,55-,57+,58+,59+/m0/s1. The first kappa shape index (κ1) is 50.5. The molecule has 5 aromatic carbocycles. The fourth-order valence-electron chi connectivity index (χ4n) is 11.9. The minimum atomic E-state index is -1.50. The van der Waals surface area contributed by atoms with Crippen LogP contribution in [0.5, 0.6) is 17.2 Å². The highest BCUT2D eigenvalue weighted by Crippen LogP contribution is 2.62. The lowest BCUT2D eigenvalue weighted by Gasteiger charge is -2.60. The number of nitrogens with zero attached hydrogens (tertiary/aromatic N) is 3. The highest BCUT2D eigenvalue weighted by atomic mass is 19.1. The zero-order chi connectivity index (χ0) is 50.0. The second kappa shape index (κ2) is 23.4. The van der Waals surface area contributed by atoms with Gasteiger partial charge in [0.2, 0.25) is 11.7 Å². The molecule has 13 heteroatoms. The summed E-state index contributed by atoms with van der Waals surface area (Å²) in [4.78, 5) is 34.5. The Morgan fingerprint density at radius 3 is 2.32 bits per heavy atom. The third kappa shape index (κ3) is 11.3. The lowest BCUT2D eigenvalue weighted by Crippen LogP contribution is -2.70. The van der Waals surface area contributed by atoms with Crippen LogP contribution in [0, 0.1) is 39.6 Å². The van der Waals surface area contributed by atoms with Crippen LogP contribution in [0.1, 0.15) is 106 Å². The van der Waals surface area contributed by atoms with Gasteiger partial charge in [0.15, 0.2) is 0 Å². The summed E-state index contributed by atoms with van der Waals surface area (Å²) in [6.45, 7) is 4.49. The number of halogens is 1. The normalized spacial score (nSPS) is 22.9. The monoisotopic (exact) mass is 979 g/mol. The maximum atomic E-state index is 15.3. The van der Waals surface area contributed by atoms with Gasteiger partial charge in [0.1, 0.15) is 35.7 Å². The summed E-state index contributed by atoms with van der Waals surface area (Å²) in [6.07, 6.45) is 14.0. The number of benzene rings is 5. The van der Waals surface area contributed by atoms with Gasteiger partial charge in [-0.2, -0.15) is 0 Å². The number of amides is 1. The first-order chi connectivity index (χ1) is 35.2. The first-order valence-corrected chi connectivity index (χ1v) is 25.8. The van der Waals surface area contributed by atoms with E-state index in [9.17, 15) is 24.7 Å². The predicted octanol–water partition coefficient (Wildman–Crippen LogP) is 12.5. The van der Waals surface area contributed by atoms with Gasteiger partial charge in [0.05, 0.1) is 23.2 Å². The van der Waals surface area contributed by atoms with Crippen LogP contribution in [-0.4, -0.2) is 63.3 Å². The Morgan fingerprint density at radius 2 is 1.58 bits per heavy atom. The van der Waals surface area contributed by atoms with Crippen molar-refractivity contribution in [3.8, 4) is 17.2 Å². The van der Waals surface area contributed by atoms with Gasteiger partial charge in [-0.1, -0.05) is 98.3 Å². The average molecular weight is 980 g/mol. The zero-order valence-electron chi connectivity index (χ0n) is 40.9. The molecule has 0 aromatic heterocycles. The van der Waals surface area contributed by atoms with Crippen LogP contribution in [0.15, 0.2) is 139 Å². The Kier molecular flexibility index (Phi) is 16.4. The summed E-state index contributed by atoms with van der Waals surface area (Å²) in [5.74, 6) is -0.444. The molecule has 72 heavy (non-hydrogen) atoms. The largest absolute Gasteiger partial charge is 0.459 e. The fourth-order valence-corrected chi connectivity index (χ4v) is 11.9. The van der Waals surface area contributed by atoms with E-state index in [0.29, 0.717) is 53.7 Å². The Labute approximate surface area is 421 Å². The molecular weight excluding hydrogens is 914 g/mol. The van der Waals surface area contributed by atoms with Crippen LogP contribution in [-0.2, 0) is 27.5 Å². The maximum absolute atomic E-state index is 15.3. The van der Waals surface area contributed by atoms with Crippen molar-refractivity contribution in [2.45, 2.75) is 114 Å². The van der Waals surface area contributed by atoms with Crippen molar-refractivity contribution in [1.29, 1.82) is 0 Å². The predicted molar refractivity (Wildman–Crippen MR) is 275 cm³/mol. The van der Waals surface area contributed by atoms with E-state index in [1.54, 1.807) is 30.3 Å². The van der Waals surface area contributed by atoms with Gasteiger partial charge in [0, 0.05) is 56.2 Å². The number of nitro groups is 1. The van der Waals surface area contributed by atoms with Gasteiger partial charge in [-0.05, 0) is 132 Å². The minimum absolute atomic E-state index is 0.000561. The molecule has 2 N–H and O–H groups in total. The second-order valence-electron chi connectivity index (χ2n) is 19.9. The molecule has 0 radical (unpaired) electrons. The molecule has 1 heterocycles. The topological polar surface area (TPSA) is 153 Å². The van der Waals surface area contributed by atoms with E-state index in [1.165, 1.54) is 24.3 Å². The number of hydrogen-bond donors (Lipinski definition) is 2. The number of carbonyl (C=O) groups excluding carboxylic acids is 1. The van der Waals surface area contributed by atoms with Crippen LogP contribution in [0.4, 0.5) is 10.1 Å². The molecule has 1 aliphatic heterocycles. The minimum Gasteiger partial charge on any atom is -0.459 e. The maximum Gasteiger partial charge on any atom is 0.269 e. The van der Waals surface area contributed by atoms with E-state index in [1.807, 2.05) is 47.4 Å². The molecule has 12 nitrogen and oxygen atoms in total. The van der Waals surface area contributed by atoms with E-state index < -0.39 is 22.7 Å². The number of oxime groups is 1. The second-order valence-corrected chi connectivity index (χ2v) is 19.9. The van der Waals surface area contributed by atoms with Gasteiger partial charge < -0.3 is 34.2 Å². The molecule has 378 valence electrons. The quantitative estimate of drug-likeness (QED) is 0.0282. The smallest absolute Gasteiger partial charge is 0.269 e. The molecule has 5 aromatic rings. The number of hydrogen-bond acceptors (Lipinski definition) is 10. The number of rotatable bonds is 23. The number of carbonyl (C=O) groups is 1. The third-order valence-corrected chi connectivity index (χ3v) is 15.4. The van der Waals surface area contributed by atoms with E-state index in [-0.39, 0.29) is 74.6 Å². The van der Waals surface area contributed by atoms with Crippen LogP contribution in [0.2, 0.25) is 0 Å². The van der Waals surface area contributed by atoms with Crippen molar-refractivity contribution in [3.05, 3.63) is 166 Å². The summed E-state index contributed by atoms with van der Waals surface area (Å²) < 4.78 is 36.0.